The molecule has 17 heavy (non-hydrogen) atoms. The minimum Gasteiger partial charge on any atom is -0.318 e. The van der Waals surface area contributed by atoms with Crippen molar-refractivity contribution in [3.63, 3.8) is 0 Å². The van der Waals surface area contributed by atoms with E-state index in [1.807, 2.05) is 0 Å². The predicted molar refractivity (Wildman–Crippen MR) is 56.5 cm³/mol. The summed E-state index contributed by atoms with van der Waals surface area (Å²) in [5.74, 6) is -6.93. The monoisotopic (exact) mass is 334 g/mol. The largest absolute Gasteiger partial charge is 0.383 e. The van der Waals surface area contributed by atoms with Gasteiger partial charge in [0, 0.05) is 10.7 Å². The lowest BCUT2D eigenvalue weighted by molar-refractivity contribution is -0.163. The summed E-state index contributed by atoms with van der Waals surface area (Å²) in [4.78, 5) is 14.4. The van der Waals surface area contributed by atoms with Gasteiger partial charge < -0.3 is 5.32 Å². The number of anilines is 1. The predicted octanol–water partition coefficient (Wildman–Crippen LogP) is 3.34. The molecular formula is C8H4BrClF4N2O. The standard InChI is InChI=1S/C8H4BrClF4N2O/c9-3-1-4(5(10)15-2-3)16-7(17)8(13,14)6(11)12/h1-2,6H,(H,16,17). The molecule has 0 aliphatic heterocycles. The van der Waals surface area contributed by atoms with Crippen molar-refractivity contribution in [1.29, 1.82) is 0 Å². The fraction of sp³-hybridized carbons (Fsp3) is 0.250. The van der Waals surface area contributed by atoms with Gasteiger partial charge >= 0.3 is 18.3 Å². The number of carbonyl (C=O) groups excluding carboxylic acids is 1. The van der Waals surface area contributed by atoms with Gasteiger partial charge in [0.2, 0.25) is 0 Å². The molecule has 0 fully saturated rings. The third-order valence-electron chi connectivity index (χ3n) is 1.63. The first kappa shape index (κ1) is 14.2. The van der Waals surface area contributed by atoms with Crippen LogP contribution in [-0.2, 0) is 4.79 Å². The van der Waals surface area contributed by atoms with E-state index in [0.717, 1.165) is 6.07 Å². The van der Waals surface area contributed by atoms with Crippen LogP contribution in [0, 0.1) is 0 Å². The van der Waals surface area contributed by atoms with Crippen molar-refractivity contribution >= 4 is 39.1 Å². The number of nitrogens with one attached hydrogen (secondary N) is 1. The van der Waals surface area contributed by atoms with Crippen molar-refractivity contribution in [3.05, 3.63) is 21.9 Å². The molecule has 0 atom stereocenters. The van der Waals surface area contributed by atoms with Gasteiger partial charge in [0.05, 0.1) is 5.69 Å². The van der Waals surface area contributed by atoms with Crippen LogP contribution in [0.5, 0.6) is 0 Å². The van der Waals surface area contributed by atoms with E-state index in [9.17, 15) is 22.4 Å². The molecule has 0 spiro atoms. The highest BCUT2D eigenvalue weighted by atomic mass is 79.9. The maximum Gasteiger partial charge on any atom is 0.383 e. The Hall–Kier alpha value is -0.890. The first-order valence-corrected chi connectivity index (χ1v) is 5.20. The molecule has 1 amide bonds. The SMILES string of the molecule is O=C(Nc1cc(Br)cnc1Cl)C(F)(F)C(F)F. The van der Waals surface area contributed by atoms with Gasteiger partial charge in [0.25, 0.3) is 0 Å². The molecule has 0 unspecified atom stereocenters. The van der Waals surface area contributed by atoms with E-state index in [2.05, 4.69) is 20.9 Å². The summed E-state index contributed by atoms with van der Waals surface area (Å²) in [5, 5.41) is 1.29. The number of aromatic nitrogens is 1. The maximum atomic E-state index is 12.6. The Morgan fingerprint density at radius 1 is 1.53 bits per heavy atom. The molecule has 0 saturated heterocycles. The molecule has 1 rings (SSSR count). The van der Waals surface area contributed by atoms with Gasteiger partial charge in [-0.3, -0.25) is 4.79 Å². The Morgan fingerprint density at radius 3 is 2.65 bits per heavy atom. The fourth-order valence-corrected chi connectivity index (χ4v) is 1.30. The summed E-state index contributed by atoms with van der Waals surface area (Å²) < 4.78 is 49.3. The van der Waals surface area contributed by atoms with Gasteiger partial charge in [-0.05, 0) is 22.0 Å². The van der Waals surface area contributed by atoms with Crippen LogP contribution in [0.4, 0.5) is 23.2 Å². The van der Waals surface area contributed by atoms with E-state index in [1.54, 1.807) is 5.32 Å². The molecule has 0 aliphatic rings. The zero-order valence-electron chi connectivity index (χ0n) is 7.86. The number of amides is 1. The quantitative estimate of drug-likeness (QED) is 0.680. The second kappa shape index (κ2) is 5.18. The van der Waals surface area contributed by atoms with Crippen molar-refractivity contribution < 1.29 is 22.4 Å². The van der Waals surface area contributed by atoms with Crippen molar-refractivity contribution in [3.8, 4) is 0 Å². The number of rotatable bonds is 3. The number of halogens is 6. The molecular weight excluding hydrogens is 331 g/mol. The molecule has 94 valence electrons. The van der Waals surface area contributed by atoms with E-state index >= 15 is 0 Å². The lowest BCUT2D eigenvalue weighted by Crippen LogP contribution is -2.41. The number of alkyl halides is 4. The second-order valence-electron chi connectivity index (χ2n) is 2.87. The number of nitrogens with zero attached hydrogens (tertiary/aromatic N) is 1. The highest BCUT2D eigenvalue weighted by molar-refractivity contribution is 9.10. The average molecular weight is 335 g/mol. The lowest BCUT2D eigenvalue weighted by atomic mass is 10.3. The van der Waals surface area contributed by atoms with Crippen LogP contribution >= 0.6 is 27.5 Å². The van der Waals surface area contributed by atoms with Crippen molar-refractivity contribution in [1.82, 2.24) is 4.98 Å². The molecule has 1 aromatic heterocycles. The smallest absolute Gasteiger partial charge is 0.318 e. The van der Waals surface area contributed by atoms with Crippen LogP contribution in [-0.4, -0.2) is 23.2 Å². The molecule has 0 aromatic carbocycles. The van der Waals surface area contributed by atoms with E-state index in [4.69, 9.17) is 11.6 Å². The highest BCUT2D eigenvalue weighted by Crippen LogP contribution is 2.28. The molecule has 9 heteroatoms. The molecule has 0 aliphatic carbocycles. The van der Waals surface area contributed by atoms with Gasteiger partial charge in [0.15, 0.2) is 5.15 Å². The number of hydrogen-bond acceptors (Lipinski definition) is 2. The van der Waals surface area contributed by atoms with Gasteiger partial charge in [-0.2, -0.15) is 8.78 Å². The first-order chi connectivity index (χ1) is 7.75. The number of hydrogen-bond donors (Lipinski definition) is 1. The summed E-state index contributed by atoms with van der Waals surface area (Å²) in [5.41, 5.74) is -0.286. The van der Waals surface area contributed by atoms with Crippen LogP contribution in [0.25, 0.3) is 0 Å². The average Bonchev–Trinajstić information content (AvgIpc) is 2.23. The summed E-state index contributed by atoms with van der Waals surface area (Å²) in [7, 11) is 0. The summed E-state index contributed by atoms with van der Waals surface area (Å²) in [6.45, 7) is 0. The molecule has 1 aromatic rings. The first-order valence-electron chi connectivity index (χ1n) is 4.03. The van der Waals surface area contributed by atoms with Crippen molar-refractivity contribution in [2.24, 2.45) is 0 Å². The number of carbonyl (C=O) groups is 1. The summed E-state index contributed by atoms with van der Waals surface area (Å²) in [6.07, 6.45) is -2.84. The van der Waals surface area contributed by atoms with Gasteiger partial charge in [-0.1, -0.05) is 11.6 Å². The van der Waals surface area contributed by atoms with Crippen LogP contribution in [0.2, 0.25) is 5.15 Å². The topological polar surface area (TPSA) is 42.0 Å². The molecule has 0 radical (unpaired) electrons. The van der Waals surface area contributed by atoms with Gasteiger partial charge in [-0.15, -0.1) is 0 Å². The summed E-state index contributed by atoms with van der Waals surface area (Å²) >= 11 is 8.45. The van der Waals surface area contributed by atoms with Crippen LogP contribution in [0.15, 0.2) is 16.7 Å². The molecule has 1 heterocycles. The number of pyridine rings is 1. The van der Waals surface area contributed by atoms with Crippen LogP contribution in [0.1, 0.15) is 0 Å². The van der Waals surface area contributed by atoms with Crippen LogP contribution in [0.3, 0.4) is 0 Å². The Kier molecular flexibility index (Phi) is 4.31. The maximum absolute atomic E-state index is 12.6. The normalized spacial score (nSPS) is 11.7. The van der Waals surface area contributed by atoms with E-state index in [0.29, 0.717) is 4.47 Å². The third-order valence-corrected chi connectivity index (χ3v) is 2.37. The van der Waals surface area contributed by atoms with Crippen molar-refractivity contribution in [2.75, 3.05) is 5.32 Å². The second-order valence-corrected chi connectivity index (χ2v) is 4.14. The van der Waals surface area contributed by atoms with Gasteiger partial charge in [0.1, 0.15) is 0 Å². The zero-order chi connectivity index (χ0) is 13.2. The minimum absolute atomic E-state index is 0.286. The Labute approximate surface area is 106 Å². The zero-order valence-corrected chi connectivity index (χ0v) is 10.2. The van der Waals surface area contributed by atoms with Gasteiger partial charge in [-0.25, -0.2) is 13.8 Å². The summed E-state index contributed by atoms with van der Waals surface area (Å²) in [6, 6.07) is 1.16. The fourth-order valence-electron chi connectivity index (χ4n) is 0.815. The van der Waals surface area contributed by atoms with E-state index in [1.165, 1.54) is 6.20 Å². The third kappa shape index (κ3) is 3.29. The van der Waals surface area contributed by atoms with E-state index in [-0.39, 0.29) is 10.8 Å². The highest BCUT2D eigenvalue weighted by Gasteiger charge is 2.49. The molecule has 1 N–H and O–H groups in total. The lowest BCUT2D eigenvalue weighted by Gasteiger charge is -2.15. The Bertz CT molecular complexity index is 444. The Balaban J connectivity index is 2.92. The Morgan fingerprint density at radius 2 is 2.12 bits per heavy atom. The minimum atomic E-state index is -4.79. The van der Waals surface area contributed by atoms with Crippen LogP contribution < -0.4 is 5.32 Å². The molecule has 0 bridgehead atoms. The van der Waals surface area contributed by atoms with E-state index < -0.39 is 18.3 Å². The molecule has 0 saturated carbocycles. The molecule has 3 nitrogen and oxygen atoms in total. The van der Waals surface area contributed by atoms with Crippen molar-refractivity contribution in [2.45, 2.75) is 12.3 Å².